The van der Waals surface area contributed by atoms with Gasteiger partial charge in [-0.2, -0.15) is 0 Å². The minimum absolute atomic E-state index is 0.159. The second kappa shape index (κ2) is 6.58. The van der Waals surface area contributed by atoms with E-state index in [1.165, 1.54) is 0 Å². The Hall–Kier alpha value is -2.31. The van der Waals surface area contributed by atoms with E-state index in [-0.39, 0.29) is 6.61 Å². The number of aliphatic hydroxyl groups is 1. The highest BCUT2D eigenvalue weighted by Gasteiger charge is 2.03. The van der Waals surface area contributed by atoms with E-state index in [9.17, 15) is 0 Å². The van der Waals surface area contributed by atoms with Crippen molar-refractivity contribution in [3.63, 3.8) is 0 Å². The summed E-state index contributed by atoms with van der Waals surface area (Å²) in [6.45, 7) is 2.25. The lowest BCUT2D eigenvalue weighted by atomic mass is 10.2. The van der Waals surface area contributed by atoms with E-state index < -0.39 is 0 Å². The van der Waals surface area contributed by atoms with E-state index in [4.69, 9.17) is 9.84 Å². The highest BCUT2D eigenvalue weighted by molar-refractivity contribution is 5.46. The van der Waals surface area contributed by atoms with Gasteiger partial charge in [-0.25, -0.2) is 0 Å². The molecule has 1 N–H and O–H groups in total. The maximum Gasteiger partial charge on any atom is 0.135 e. The summed E-state index contributed by atoms with van der Waals surface area (Å²) in [7, 11) is 0. The van der Waals surface area contributed by atoms with Crippen LogP contribution < -0.4 is 4.74 Å². The fourth-order valence-corrected chi connectivity index (χ4v) is 1.65. The molecule has 1 heterocycles. The number of hydrogen-bond acceptors (Lipinski definition) is 3. The Bertz CT molecular complexity index is 611. The summed E-state index contributed by atoms with van der Waals surface area (Å²) >= 11 is 0. The highest BCUT2D eigenvalue weighted by Crippen LogP contribution is 2.18. The van der Waals surface area contributed by atoms with Gasteiger partial charge in [0, 0.05) is 6.20 Å². The van der Waals surface area contributed by atoms with Crippen LogP contribution in [0.1, 0.15) is 16.8 Å². The number of pyridine rings is 1. The topological polar surface area (TPSA) is 42.4 Å². The molecule has 19 heavy (non-hydrogen) atoms. The first kappa shape index (κ1) is 13.1. The van der Waals surface area contributed by atoms with Gasteiger partial charge in [-0.05, 0) is 30.7 Å². The Labute approximate surface area is 112 Å². The van der Waals surface area contributed by atoms with Crippen molar-refractivity contribution >= 4 is 0 Å². The maximum atomic E-state index is 8.74. The average Bonchev–Trinajstić information content (AvgIpc) is 2.45. The van der Waals surface area contributed by atoms with E-state index in [1.807, 2.05) is 43.3 Å². The Morgan fingerprint density at radius 2 is 2.05 bits per heavy atom. The third-order valence-corrected chi connectivity index (χ3v) is 2.67. The molecule has 0 fully saturated rings. The zero-order valence-electron chi connectivity index (χ0n) is 10.8. The molecule has 2 aromatic rings. The van der Waals surface area contributed by atoms with Crippen LogP contribution in [0.3, 0.4) is 0 Å². The molecule has 2 rings (SSSR count). The molecule has 0 aliphatic rings. The van der Waals surface area contributed by atoms with Gasteiger partial charge < -0.3 is 9.84 Å². The summed E-state index contributed by atoms with van der Waals surface area (Å²) < 4.78 is 5.75. The largest absolute Gasteiger partial charge is 0.486 e. The van der Waals surface area contributed by atoms with Gasteiger partial charge in [0.15, 0.2) is 0 Å². The summed E-state index contributed by atoms with van der Waals surface area (Å²) in [5.41, 5.74) is 2.78. The number of aliphatic hydroxyl groups excluding tert-OH is 1. The molecule has 0 bridgehead atoms. The Morgan fingerprint density at radius 1 is 1.21 bits per heavy atom. The van der Waals surface area contributed by atoms with E-state index >= 15 is 0 Å². The number of ether oxygens (including phenoxy) is 1. The van der Waals surface area contributed by atoms with E-state index in [0.29, 0.717) is 12.4 Å². The predicted octanol–water partition coefficient (Wildman–Crippen LogP) is 2.31. The average molecular weight is 253 g/mol. The fraction of sp³-hybridized carbons (Fsp3) is 0.188. The molecule has 0 atom stereocenters. The minimum atomic E-state index is -0.159. The van der Waals surface area contributed by atoms with Crippen molar-refractivity contribution in [1.82, 2.24) is 4.98 Å². The van der Waals surface area contributed by atoms with Crippen LogP contribution in [0.2, 0.25) is 0 Å². The van der Waals surface area contributed by atoms with Crippen LogP contribution in [0.25, 0.3) is 0 Å². The quantitative estimate of drug-likeness (QED) is 0.854. The van der Waals surface area contributed by atoms with Gasteiger partial charge in [0.1, 0.15) is 19.0 Å². The van der Waals surface area contributed by atoms with Gasteiger partial charge in [0.2, 0.25) is 0 Å². The number of benzene rings is 1. The van der Waals surface area contributed by atoms with Gasteiger partial charge in [-0.3, -0.25) is 4.98 Å². The molecular weight excluding hydrogens is 238 g/mol. The number of aromatic nitrogens is 1. The lowest BCUT2D eigenvalue weighted by molar-refractivity contribution is 0.299. The van der Waals surface area contributed by atoms with Gasteiger partial charge in [-0.1, -0.05) is 30.0 Å². The molecule has 0 amide bonds. The van der Waals surface area contributed by atoms with Crippen LogP contribution in [-0.2, 0) is 6.61 Å². The third kappa shape index (κ3) is 3.57. The number of nitrogens with zero attached hydrogens (tertiary/aromatic N) is 1. The summed E-state index contributed by atoms with van der Waals surface area (Å²) in [4.78, 5) is 4.28. The van der Waals surface area contributed by atoms with Crippen LogP contribution in [0.4, 0.5) is 0 Å². The molecular formula is C16H15NO2. The van der Waals surface area contributed by atoms with Crippen molar-refractivity contribution in [2.24, 2.45) is 0 Å². The zero-order valence-corrected chi connectivity index (χ0v) is 10.8. The molecule has 1 aromatic carbocycles. The maximum absolute atomic E-state index is 8.74. The second-order valence-electron chi connectivity index (χ2n) is 4.01. The molecule has 96 valence electrons. The normalized spacial score (nSPS) is 9.58. The van der Waals surface area contributed by atoms with Gasteiger partial charge >= 0.3 is 0 Å². The SMILES string of the molecule is Cc1cccnc1COc1ccccc1C#CCO. The van der Waals surface area contributed by atoms with E-state index in [0.717, 1.165) is 16.8 Å². The smallest absolute Gasteiger partial charge is 0.135 e. The number of hydrogen-bond donors (Lipinski definition) is 1. The lowest BCUT2D eigenvalue weighted by Crippen LogP contribution is -2.01. The van der Waals surface area contributed by atoms with E-state index in [2.05, 4.69) is 16.8 Å². The fourth-order valence-electron chi connectivity index (χ4n) is 1.65. The molecule has 0 saturated heterocycles. The highest BCUT2D eigenvalue weighted by atomic mass is 16.5. The first-order valence-electron chi connectivity index (χ1n) is 6.03. The summed E-state index contributed by atoms with van der Waals surface area (Å²) in [6.07, 6.45) is 1.75. The standard InChI is InChI=1S/C16H15NO2/c1-13-6-4-10-17-15(13)12-19-16-9-3-2-7-14(16)8-5-11-18/h2-4,6-7,9-10,18H,11-12H2,1H3. The Balaban J connectivity index is 2.14. The molecule has 0 saturated carbocycles. The lowest BCUT2D eigenvalue weighted by Gasteiger charge is -2.09. The first-order valence-corrected chi connectivity index (χ1v) is 6.03. The van der Waals surface area contributed by atoms with Crippen LogP contribution in [0.5, 0.6) is 5.75 Å². The minimum Gasteiger partial charge on any atom is -0.486 e. The molecule has 3 nitrogen and oxygen atoms in total. The molecule has 0 aliphatic carbocycles. The summed E-state index contributed by atoms with van der Waals surface area (Å²) in [5, 5.41) is 8.74. The van der Waals surface area contributed by atoms with Crippen molar-refractivity contribution < 1.29 is 9.84 Å². The van der Waals surface area contributed by atoms with Crippen molar-refractivity contribution in [2.45, 2.75) is 13.5 Å². The van der Waals surface area contributed by atoms with Crippen LogP contribution in [0, 0.1) is 18.8 Å². The molecule has 0 radical (unpaired) electrons. The molecule has 0 spiro atoms. The first-order chi connectivity index (χ1) is 9.31. The van der Waals surface area contributed by atoms with Crippen molar-refractivity contribution in [1.29, 1.82) is 0 Å². The number of aryl methyl sites for hydroxylation is 1. The Kier molecular flexibility index (Phi) is 4.54. The zero-order chi connectivity index (χ0) is 13.5. The molecule has 1 aromatic heterocycles. The van der Waals surface area contributed by atoms with Crippen LogP contribution in [0.15, 0.2) is 42.6 Å². The molecule has 0 aliphatic heterocycles. The number of para-hydroxylation sites is 1. The van der Waals surface area contributed by atoms with Crippen LogP contribution >= 0.6 is 0 Å². The second-order valence-corrected chi connectivity index (χ2v) is 4.01. The van der Waals surface area contributed by atoms with Gasteiger partial charge in [-0.15, -0.1) is 0 Å². The number of rotatable bonds is 3. The Morgan fingerprint density at radius 3 is 2.84 bits per heavy atom. The van der Waals surface area contributed by atoms with Crippen molar-refractivity contribution in [2.75, 3.05) is 6.61 Å². The van der Waals surface area contributed by atoms with Gasteiger partial charge in [0.25, 0.3) is 0 Å². The van der Waals surface area contributed by atoms with Crippen molar-refractivity contribution in [3.8, 4) is 17.6 Å². The summed E-state index contributed by atoms with van der Waals surface area (Å²) in [6, 6.07) is 11.4. The van der Waals surface area contributed by atoms with Crippen molar-refractivity contribution in [3.05, 3.63) is 59.4 Å². The monoisotopic (exact) mass is 253 g/mol. The predicted molar refractivity (Wildman–Crippen MR) is 73.7 cm³/mol. The van der Waals surface area contributed by atoms with E-state index in [1.54, 1.807) is 6.20 Å². The molecule has 3 heteroatoms. The van der Waals surface area contributed by atoms with Gasteiger partial charge in [0.05, 0.1) is 11.3 Å². The third-order valence-electron chi connectivity index (χ3n) is 2.67. The molecule has 0 unspecified atom stereocenters. The van der Waals surface area contributed by atoms with Crippen LogP contribution in [-0.4, -0.2) is 16.7 Å². The summed E-state index contributed by atoms with van der Waals surface area (Å²) in [5.74, 6) is 6.20.